The maximum atomic E-state index is 5.79. The van der Waals surface area contributed by atoms with Gasteiger partial charge in [-0.2, -0.15) is 0 Å². The highest BCUT2D eigenvalue weighted by molar-refractivity contribution is 5.28. The van der Waals surface area contributed by atoms with Gasteiger partial charge in [-0.1, -0.05) is 0 Å². The number of hydrogen-bond donors (Lipinski definition) is 1. The fourth-order valence-corrected chi connectivity index (χ4v) is 3.22. The highest BCUT2D eigenvalue weighted by Gasteiger charge is 2.23. The van der Waals surface area contributed by atoms with Crippen molar-refractivity contribution < 1.29 is 4.74 Å². The van der Waals surface area contributed by atoms with E-state index in [1.807, 2.05) is 0 Å². The molecule has 1 fully saturated rings. The molecule has 0 spiro atoms. The number of aromatic nitrogens is 2. The molecule has 0 aromatic carbocycles. The van der Waals surface area contributed by atoms with Crippen LogP contribution in [-0.2, 0) is 24.0 Å². The summed E-state index contributed by atoms with van der Waals surface area (Å²) in [6.07, 6.45) is 5.41. The van der Waals surface area contributed by atoms with Crippen LogP contribution in [0.15, 0.2) is 0 Å². The highest BCUT2D eigenvalue weighted by Crippen LogP contribution is 2.26. The van der Waals surface area contributed by atoms with Crippen LogP contribution in [0.1, 0.15) is 35.6 Å². The van der Waals surface area contributed by atoms with Crippen molar-refractivity contribution >= 4 is 0 Å². The van der Waals surface area contributed by atoms with E-state index in [9.17, 15) is 0 Å². The monoisotopic (exact) mass is 261 g/mol. The second-order valence-electron chi connectivity index (χ2n) is 5.93. The first-order valence-corrected chi connectivity index (χ1v) is 7.39. The second kappa shape index (κ2) is 5.55. The average Bonchev–Trinajstić information content (AvgIpc) is 2.91. The summed E-state index contributed by atoms with van der Waals surface area (Å²) in [7, 11) is 0. The molecule has 2 heterocycles. The summed E-state index contributed by atoms with van der Waals surface area (Å²) in [6.45, 7) is 4.66. The standard InChI is InChI=1S/C15H23N3O/c1-10-13-6-11(8-16)2-3-14(13)18-15(17-10)7-12-4-5-19-9-12/h11-12H,2-9,16H2,1H3. The van der Waals surface area contributed by atoms with E-state index in [1.54, 1.807) is 0 Å². The summed E-state index contributed by atoms with van der Waals surface area (Å²) >= 11 is 0. The van der Waals surface area contributed by atoms with Gasteiger partial charge in [-0.15, -0.1) is 0 Å². The summed E-state index contributed by atoms with van der Waals surface area (Å²) in [5.41, 5.74) is 9.58. The molecule has 104 valence electrons. The molecule has 1 aromatic heterocycles. The van der Waals surface area contributed by atoms with Crippen LogP contribution >= 0.6 is 0 Å². The molecule has 0 saturated carbocycles. The van der Waals surface area contributed by atoms with Crippen molar-refractivity contribution in [1.29, 1.82) is 0 Å². The minimum Gasteiger partial charge on any atom is -0.381 e. The fourth-order valence-electron chi connectivity index (χ4n) is 3.22. The smallest absolute Gasteiger partial charge is 0.129 e. The Morgan fingerprint density at radius 2 is 2.16 bits per heavy atom. The molecule has 2 N–H and O–H groups in total. The predicted molar refractivity (Wildman–Crippen MR) is 74.0 cm³/mol. The Balaban J connectivity index is 1.79. The third-order valence-electron chi connectivity index (χ3n) is 4.46. The lowest BCUT2D eigenvalue weighted by molar-refractivity contribution is 0.185. The summed E-state index contributed by atoms with van der Waals surface area (Å²) < 4.78 is 5.43. The summed E-state index contributed by atoms with van der Waals surface area (Å²) in [5.74, 6) is 2.24. The minimum absolute atomic E-state index is 0.609. The predicted octanol–water partition coefficient (Wildman–Crippen LogP) is 1.43. The first-order chi connectivity index (χ1) is 9.26. The molecule has 1 aromatic rings. The van der Waals surface area contributed by atoms with Crippen molar-refractivity contribution in [2.24, 2.45) is 17.6 Å². The molecule has 2 aliphatic rings. The molecule has 2 unspecified atom stereocenters. The van der Waals surface area contributed by atoms with Crippen LogP contribution in [0.5, 0.6) is 0 Å². The summed E-state index contributed by atoms with van der Waals surface area (Å²) in [6, 6.07) is 0. The van der Waals surface area contributed by atoms with Crippen LogP contribution in [0.2, 0.25) is 0 Å². The van der Waals surface area contributed by atoms with E-state index in [4.69, 9.17) is 20.4 Å². The van der Waals surface area contributed by atoms with E-state index in [2.05, 4.69) is 6.92 Å². The van der Waals surface area contributed by atoms with E-state index in [0.717, 1.165) is 57.0 Å². The van der Waals surface area contributed by atoms with Crippen LogP contribution in [0.4, 0.5) is 0 Å². The van der Waals surface area contributed by atoms with Gasteiger partial charge in [-0.25, -0.2) is 9.97 Å². The van der Waals surface area contributed by atoms with Gasteiger partial charge in [0.05, 0.1) is 0 Å². The van der Waals surface area contributed by atoms with Gasteiger partial charge in [0, 0.05) is 31.0 Å². The Labute approximate surface area is 114 Å². The van der Waals surface area contributed by atoms with Gasteiger partial charge in [0.15, 0.2) is 0 Å². The molecule has 0 bridgehead atoms. The van der Waals surface area contributed by atoms with Gasteiger partial charge < -0.3 is 10.5 Å². The van der Waals surface area contributed by atoms with E-state index in [1.165, 1.54) is 17.7 Å². The number of aryl methyl sites for hydroxylation is 2. The number of nitrogens with two attached hydrogens (primary N) is 1. The zero-order valence-corrected chi connectivity index (χ0v) is 11.7. The van der Waals surface area contributed by atoms with Crippen molar-refractivity contribution in [2.45, 2.75) is 39.0 Å². The Bertz CT molecular complexity index is 455. The molecular formula is C15H23N3O. The summed E-state index contributed by atoms with van der Waals surface area (Å²) in [5, 5.41) is 0. The molecule has 3 rings (SSSR count). The molecule has 0 radical (unpaired) electrons. The molecule has 4 heteroatoms. The fraction of sp³-hybridized carbons (Fsp3) is 0.733. The molecule has 1 aliphatic heterocycles. The molecule has 2 atom stereocenters. The Morgan fingerprint density at radius 3 is 2.89 bits per heavy atom. The third-order valence-corrected chi connectivity index (χ3v) is 4.46. The first-order valence-electron chi connectivity index (χ1n) is 7.39. The van der Waals surface area contributed by atoms with Crippen LogP contribution in [0, 0.1) is 18.8 Å². The lowest BCUT2D eigenvalue weighted by atomic mass is 9.86. The Morgan fingerprint density at radius 1 is 1.26 bits per heavy atom. The zero-order valence-electron chi connectivity index (χ0n) is 11.7. The number of hydrogen-bond acceptors (Lipinski definition) is 4. The minimum atomic E-state index is 0.609. The van der Waals surface area contributed by atoms with E-state index >= 15 is 0 Å². The molecular weight excluding hydrogens is 238 g/mol. The van der Waals surface area contributed by atoms with Crippen molar-refractivity contribution in [1.82, 2.24) is 9.97 Å². The molecule has 1 saturated heterocycles. The van der Waals surface area contributed by atoms with E-state index < -0.39 is 0 Å². The first kappa shape index (κ1) is 13.0. The normalized spacial score (nSPS) is 26.4. The maximum absolute atomic E-state index is 5.79. The zero-order chi connectivity index (χ0) is 13.2. The van der Waals surface area contributed by atoms with Gasteiger partial charge in [0.2, 0.25) is 0 Å². The molecule has 1 aliphatic carbocycles. The largest absolute Gasteiger partial charge is 0.381 e. The van der Waals surface area contributed by atoms with Gasteiger partial charge in [-0.3, -0.25) is 0 Å². The van der Waals surface area contributed by atoms with Crippen LogP contribution in [0.3, 0.4) is 0 Å². The van der Waals surface area contributed by atoms with Gasteiger partial charge in [0.25, 0.3) is 0 Å². The average molecular weight is 261 g/mol. The van der Waals surface area contributed by atoms with Crippen LogP contribution in [-0.4, -0.2) is 29.7 Å². The van der Waals surface area contributed by atoms with Crippen LogP contribution < -0.4 is 5.73 Å². The highest BCUT2D eigenvalue weighted by atomic mass is 16.5. The quantitative estimate of drug-likeness (QED) is 0.894. The topological polar surface area (TPSA) is 61.0 Å². The number of fused-ring (bicyclic) bond motifs is 1. The van der Waals surface area contributed by atoms with E-state index in [-0.39, 0.29) is 0 Å². The Hall–Kier alpha value is -1.00. The maximum Gasteiger partial charge on any atom is 0.129 e. The molecule has 4 nitrogen and oxygen atoms in total. The lowest BCUT2D eigenvalue weighted by Crippen LogP contribution is -2.25. The van der Waals surface area contributed by atoms with Crippen molar-refractivity contribution in [3.05, 3.63) is 22.8 Å². The summed E-state index contributed by atoms with van der Waals surface area (Å²) in [4.78, 5) is 9.51. The SMILES string of the molecule is Cc1nc(CC2CCOC2)nc2c1CC(CN)CC2. The Kier molecular flexibility index (Phi) is 3.80. The van der Waals surface area contributed by atoms with E-state index in [0.29, 0.717) is 11.8 Å². The number of nitrogens with zero attached hydrogens (tertiary/aromatic N) is 2. The molecule has 19 heavy (non-hydrogen) atoms. The lowest BCUT2D eigenvalue weighted by Gasteiger charge is -2.24. The van der Waals surface area contributed by atoms with Crippen molar-refractivity contribution in [2.75, 3.05) is 19.8 Å². The molecule has 0 amide bonds. The van der Waals surface area contributed by atoms with Crippen molar-refractivity contribution in [3.8, 4) is 0 Å². The number of ether oxygens (including phenoxy) is 1. The van der Waals surface area contributed by atoms with Gasteiger partial charge in [0.1, 0.15) is 5.82 Å². The van der Waals surface area contributed by atoms with Crippen molar-refractivity contribution in [3.63, 3.8) is 0 Å². The van der Waals surface area contributed by atoms with Gasteiger partial charge >= 0.3 is 0 Å². The second-order valence-corrected chi connectivity index (χ2v) is 5.93. The third kappa shape index (κ3) is 2.79. The van der Waals surface area contributed by atoms with Crippen LogP contribution in [0.25, 0.3) is 0 Å². The number of rotatable bonds is 3. The van der Waals surface area contributed by atoms with Gasteiger partial charge in [-0.05, 0) is 56.6 Å².